The van der Waals surface area contributed by atoms with Gasteiger partial charge in [0.25, 0.3) is 0 Å². The highest BCUT2D eigenvalue weighted by molar-refractivity contribution is 5.89. The van der Waals surface area contributed by atoms with Gasteiger partial charge in [-0.15, -0.1) is 6.42 Å². The molecular weight excluding hydrogens is 226 g/mol. The van der Waals surface area contributed by atoms with Gasteiger partial charge in [-0.05, 0) is 23.6 Å². The number of terminal acetylenes is 1. The summed E-state index contributed by atoms with van der Waals surface area (Å²) in [5.41, 5.74) is 1.64. The number of ether oxygens (including phenoxy) is 1. The molecule has 1 aromatic carbocycles. The van der Waals surface area contributed by atoms with Crippen LogP contribution >= 0.6 is 0 Å². The zero-order chi connectivity index (χ0) is 13.5. The van der Waals surface area contributed by atoms with Crippen molar-refractivity contribution >= 4 is 5.97 Å². The predicted molar refractivity (Wildman–Crippen MR) is 72.1 cm³/mol. The fraction of sp³-hybridized carbons (Fsp3) is 0.400. The molecule has 0 spiro atoms. The zero-order valence-corrected chi connectivity index (χ0v) is 11.1. The van der Waals surface area contributed by atoms with Crippen LogP contribution in [0.25, 0.3) is 0 Å². The Balaban J connectivity index is 2.59. The number of methoxy groups -OCH3 is 1. The Morgan fingerprint density at radius 3 is 2.44 bits per heavy atom. The normalized spacial score (nSPS) is 11.9. The van der Waals surface area contributed by atoms with Gasteiger partial charge < -0.3 is 4.74 Å². The highest BCUT2D eigenvalue weighted by Gasteiger charge is 2.09. The molecule has 0 fully saturated rings. The zero-order valence-electron chi connectivity index (χ0n) is 11.1. The number of hydrogen-bond acceptors (Lipinski definition) is 3. The average Bonchev–Trinajstić information content (AvgIpc) is 2.39. The second-order valence-corrected chi connectivity index (χ2v) is 4.46. The van der Waals surface area contributed by atoms with Crippen LogP contribution in [0.5, 0.6) is 0 Å². The van der Waals surface area contributed by atoms with E-state index in [1.165, 1.54) is 7.11 Å². The third kappa shape index (κ3) is 3.90. The monoisotopic (exact) mass is 245 g/mol. The first-order chi connectivity index (χ1) is 8.58. The Morgan fingerprint density at radius 2 is 2.00 bits per heavy atom. The minimum absolute atomic E-state index is 0.0604. The second kappa shape index (κ2) is 6.83. The van der Waals surface area contributed by atoms with Gasteiger partial charge in [0, 0.05) is 6.54 Å². The first-order valence-electron chi connectivity index (χ1n) is 5.95. The molecular formula is C15H19NO2. The van der Waals surface area contributed by atoms with Crippen molar-refractivity contribution in [3.63, 3.8) is 0 Å². The van der Waals surface area contributed by atoms with Crippen molar-refractivity contribution in [1.29, 1.82) is 0 Å². The van der Waals surface area contributed by atoms with E-state index < -0.39 is 0 Å². The lowest BCUT2D eigenvalue weighted by atomic mass is 10.0. The standard InChI is InChI=1S/C15H19NO2/c1-5-14(11(2)3)16-10-12-6-8-13(9-7-12)15(17)18-4/h1,6-9,11,14,16H,10H2,2-4H3. The molecule has 1 N–H and O–H groups in total. The molecule has 0 saturated heterocycles. The molecule has 1 aromatic rings. The van der Waals surface area contributed by atoms with Crippen molar-refractivity contribution in [3.8, 4) is 12.3 Å². The molecule has 18 heavy (non-hydrogen) atoms. The minimum Gasteiger partial charge on any atom is -0.465 e. The molecule has 0 heterocycles. The largest absolute Gasteiger partial charge is 0.465 e. The number of esters is 1. The molecule has 1 rings (SSSR count). The summed E-state index contributed by atoms with van der Waals surface area (Å²) >= 11 is 0. The first kappa shape index (κ1) is 14.3. The topological polar surface area (TPSA) is 38.3 Å². The Labute approximate surface area is 109 Å². The summed E-state index contributed by atoms with van der Waals surface area (Å²) in [6.07, 6.45) is 5.45. The number of carbonyl (C=O) groups excluding carboxylic acids is 1. The Morgan fingerprint density at radius 1 is 1.39 bits per heavy atom. The molecule has 0 aromatic heterocycles. The molecule has 3 heteroatoms. The lowest BCUT2D eigenvalue weighted by Crippen LogP contribution is -2.31. The van der Waals surface area contributed by atoms with Crippen LogP contribution in [0.4, 0.5) is 0 Å². The van der Waals surface area contributed by atoms with Gasteiger partial charge in [-0.3, -0.25) is 5.32 Å². The van der Waals surface area contributed by atoms with E-state index in [-0.39, 0.29) is 12.0 Å². The lowest BCUT2D eigenvalue weighted by molar-refractivity contribution is 0.0600. The van der Waals surface area contributed by atoms with Crippen molar-refractivity contribution in [1.82, 2.24) is 5.32 Å². The first-order valence-corrected chi connectivity index (χ1v) is 5.95. The van der Waals surface area contributed by atoms with E-state index in [0.717, 1.165) is 5.56 Å². The van der Waals surface area contributed by atoms with Crippen molar-refractivity contribution in [2.45, 2.75) is 26.4 Å². The number of carbonyl (C=O) groups is 1. The summed E-state index contributed by atoms with van der Waals surface area (Å²) < 4.78 is 4.64. The molecule has 96 valence electrons. The molecule has 0 aliphatic rings. The highest BCUT2D eigenvalue weighted by atomic mass is 16.5. The molecule has 0 radical (unpaired) electrons. The van der Waals surface area contributed by atoms with E-state index in [0.29, 0.717) is 18.0 Å². The van der Waals surface area contributed by atoms with Crippen molar-refractivity contribution in [3.05, 3.63) is 35.4 Å². The SMILES string of the molecule is C#CC(NCc1ccc(C(=O)OC)cc1)C(C)C. The molecule has 0 bridgehead atoms. The van der Waals surface area contributed by atoms with E-state index in [9.17, 15) is 4.79 Å². The van der Waals surface area contributed by atoms with Crippen LogP contribution in [0.2, 0.25) is 0 Å². The summed E-state index contributed by atoms with van der Waals surface area (Å²) in [5, 5.41) is 3.30. The van der Waals surface area contributed by atoms with E-state index in [1.807, 2.05) is 12.1 Å². The van der Waals surface area contributed by atoms with E-state index >= 15 is 0 Å². The van der Waals surface area contributed by atoms with E-state index in [2.05, 4.69) is 29.8 Å². The fourth-order valence-corrected chi connectivity index (χ4v) is 1.59. The summed E-state index contributed by atoms with van der Waals surface area (Å²) in [6.45, 7) is 4.85. The molecule has 0 saturated carbocycles. The van der Waals surface area contributed by atoms with E-state index in [1.54, 1.807) is 12.1 Å². The highest BCUT2D eigenvalue weighted by Crippen LogP contribution is 2.07. The molecule has 1 unspecified atom stereocenters. The van der Waals surface area contributed by atoms with Gasteiger partial charge in [0.1, 0.15) is 0 Å². The van der Waals surface area contributed by atoms with Crippen LogP contribution < -0.4 is 5.32 Å². The van der Waals surface area contributed by atoms with Gasteiger partial charge in [-0.2, -0.15) is 0 Å². The lowest BCUT2D eigenvalue weighted by Gasteiger charge is -2.16. The number of nitrogens with one attached hydrogen (secondary N) is 1. The Bertz CT molecular complexity index is 429. The average molecular weight is 245 g/mol. The van der Waals surface area contributed by atoms with Crippen molar-refractivity contribution < 1.29 is 9.53 Å². The summed E-state index contributed by atoms with van der Waals surface area (Å²) in [7, 11) is 1.37. The Hall–Kier alpha value is -1.79. The maximum absolute atomic E-state index is 11.3. The maximum atomic E-state index is 11.3. The second-order valence-electron chi connectivity index (χ2n) is 4.46. The van der Waals surface area contributed by atoms with Crippen molar-refractivity contribution in [2.75, 3.05) is 7.11 Å². The smallest absolute Gasteiger partial charge is 0.337 e. The van der Waals surface area contributed by atoms with Gasteiger partial charge in [0.15, 0.2) is 0 Å². The molecule has 0 amide bonds. The van der Waals surface area contributed by atoms with Crippen LogP contribution in [0.3, 0.4) is 0 Å². The molecule has 1 atom stereocenters. The molecule has 0 aliphatic heterocycles. The van der Waals surface area contributed by atoms with Crippen LogP contribution in [-0.4, -0.2) is 19.1 Å². The number of rotatable bonds is 5. The van der Waals surface area contributed by atoms with Gasteiger partial charge in [-0.1, -0.05) is 31.9 Å². The van der Waals surface area contributed by atoms with Gasteiger partial charge in [0.2, 0.25) is 0 Å². The Kier molecular flexibility index (Phi) is 5.41. The maximum Gasteiger partial charge on any atom is 0.337 e. The minimum atomic E-state index is -0.321. The summed E-state index contributed by atoms with van der Waals surface area (Å²) in [6, 6.07) is 7.36. The summed E-state index contributed by atoms with van der Waals surface area (Å²) in [4.78, 5) is 11.3. The van der Waals surface area contributed by atoms with Gasteiger partial charge >= 0.3 is 5.97 Å². The van der Waals surface area contributed by atoms with Crippen LogP contribution in [0.15, 0.2) is 24.3 Å². The van der Waals surface area contributed by atoms with Crippen LogP contribution in [0.1, 0.15) is 29.8 Å². The number of hydrogen-bond donors (Lipinski definition) is 1. The van der Waals surface area contributed by atoms with Crippen LogP contribution in [0, 0.1) is 18.3 Å². The van der Waals surface area contributed by atoms with Crippen LogP contribution in [-0.2, 0) is 11.3 Å². The van der Waals surface area contributed by atoms with Gasteiger partial charge in [-0.25, -0.2) is 4.79 Å². The number of benzene rings is 1. The summed E-state index contributed by atoms with van der Waals surface area (Å²) in [5.74, 6) is 2.80. The van der Waals surface area contributed by atoms with E-state index in [4.69, 9.17) is 6.42 Å². The predicted octanol–water partition coefficient (Wildman–Crippen LogP) is 2.22. The van der Waals surface area contributed by atoms with Crippen molar-refractivity contribution in [2.24, 2.45) is 5.92 Å². The third-order valence-corrected chi connectivity index (χ3v) is 2.75. The third-order valence-electron chi connectivity index (χ3n) is 2.75. The molecule has 0 aliphatic carbocycles. The van der Waals surface area contributed by atoms with Gasteiger partial charge in [0.05, 0.1) is 18.7 Å². The fourth-order valence-electron chi connectivity index (χ4n) is 1.59. The quantitative estimate of drug-likeness (QED) is 0.638. The molecule has 3 nitrogen and oxygen atoms in total.